The molecule has 0 amide bonds. The minimum atomic E-state index is 0.672. The van der Waals surface area contributed by atoms with Crippen LogP contribution in [0.15, 0.2) is 41.8 Å². The Morgan fingerprint density at radius 1 is 1.28 bits per heavy atom. The van der Waals surface area contributed by atoms with Crippen LogP contribution in [0.2, 0.25) is 0 Å². The highest BCUT2D eigenvalue weighted by molar-refractivity contribution is 7.09. The van der Waals surface area contributed by atoms with E-state index in [0.29, 0.717) is 6.61 Å². The highest BCUT2D eigenvalue weighted by Gasteiger charge is 2.01. The van der Waals surface area contributed by atoms with Gasteiger partial charge in [-0.3, -0.25) is 4.90 Å². The van der Waals surface area contributed by atoms with Gasteiger partial charge in [0.25, 0.3) is 0 Å². The number of hydrogen-bond acceptors (Lipinski definition) is 4. The molecule has 2 aromatic rings. The lowest BCUT2D eigenvalue weighted by Crippen LogP contribution is -2.23. The van der Waals surface area contributed by atoms with Crippen molar-refractivity contribution in [1.82, 2.24) is 4.90 Å². The van der Waals surface area contributed by atoms with Crippen LogP contribution in [0, 0.1) is 0 Å². The molecule has 0 spiro atoms. The van der Waals surface area contributed by atoms with Crippen molar-refractivity contribution in [3.63, 3.8) is 0 Å². The molecule has 0 fully saturated rings. The predicted molar refractivity (Wildman–Crippen MR) is 77.0 cm³/mol. The van der Waals surface area contributed by atoms with E-state index in [4.69, 9.17) is 10.5 Å². The van der Waals surface area contributed by atoms with Gasteiger partial charge in [-0.05, 0) is 30.6 Å². The van der Waals surface area contributed by atoms with Crippen molar-refractivity contribution in [3.05, 3.63) is 46.7 Å². The van der Waals surface area contributed by atoms with Crippen LogP contribution in [0.5, 0.6) is 5.75 Å². The molecule has 0 bridgehead atoms. The lowest BCUT2D eigenvalue weighted by Gasteiger charge is -2.16. The molecule has 0 saturated heterocycles. The largest absolute Gasteiger partial charge is 0.492 e. The molecule has 0 atom stereocenters. The fourth-order valence-corrected chi connectivity index (χ4v) is 2.46. The van der Waals surface area contributed by atoms with Gasteiger partial charge in [-0.2, -0.15) is 0 Å². The van der Waals surface area contributed by atoms with Crippen LogP contribution in [0.1, 0.15) is 4.88 Å². The van der Waals surface area contributed by atoms with Gasteiger partial charge in [-0.1, -0.05) is 12.1 Å². The van der Waals surface area contributed by atoms with Crippen LogP contribution in [0.25, 0.3) is 0 Å². The SMILES string of the molecule is CN(CCOc1cccc(N)c1)Cc1cccs1. The Morgan fingerprint density at radius 3 is 2.89 bits per heavy atom. The lowest BCUT2D eigenvalue weighted by molar-refractivity contribution is 0.234. The van der Waals surface area contributed by atoms with Gasteiger partial charge in [0, 0.05) is 29.7 Å². The fourth-order valence-electron chi connectivity index (χ4n) is 1.67. The molecule has 1 heterocycles. The summed E-state index contributed by atoms with van der Waals surface area (Å²) in [7, 11) is 2.10. The normalized spacial score (nSPS) is 10.8. The van der Waals surface area contributed by atoms with Crippen molar-refractivity contribution < 1.29 is 4.74 Å². The average Bonchev–Trinajstić information content (AvgIpc) is 2.82. The summed E-state index contributed by atoms with van der Waals surface area (Å²) >= 11 is 1.78. The Hall–Kier alpha value is -1.52. The molecule has 0 aliphatic heterocycles. The first-order valence-corrected chi connectivity index (χ1v) is 6.81. The van der Waals surface area contributed by atoms with Gasteiger partial charge in [0.2, 0.25) is 0 Å². The third-order valence-corrected chi connectivity index (χ3v) is 3.47. The molecule has 18 heavy (non-hydrogen) atoms. The summed E-state index contributed by atoms with van der Waals surface area (Å²) in [5.74, 6) is 0.833. The summed E-state index contributed by atoms with van der Waals surface area (Å²) in [5, 5.41) is 2.10. The van der Waals surface area contributed by atoms with Gasteiger partial charge in [0.1, 0.15) is 12.4 Å². The van der Waals surface area contributed by atoms with Crippen LogP contribution < -0.4 is 10.5 Å². The maximum atomic E-state index is 5.69. The Bertz CT molecular complexity index is 470. The molecule has 3 nitrogen and oxygen atoms in total. The number of nitrogen functional groups attached to an aromatic ring is 1. The molecule has 0 unspecified atom stereocenters. The number of anilines is 1. The zero-order valence-corrected chi connectivity index (χ0v) is 11.3. The molecular formula is C14H18N2OS. The van der Waals surface area contributed by atoms with E-state index in [0.717, 1.165) is 24.5 Å². The van der Waals surface area contributed by atoms with Crippen molar-refractivity contribution in [2.24, 2.45) is 0 Å². The summed E-state index contributed by atoms with van der Waals surface area (Å²) in [6.07, 6.45) is 0. The number of rotatable bonds is 6. The second kappa shape index (κ2) is 6.42. The zero-order valence-electron chi connectivity index (χ0n) is 10.5. The Balaban J connectivity index is 1.72. The number of hydrogen-bond donors (Lipinski definition) is 1. The highest BCUT2D eigenvalue weighted by Crippen LogP contribution is 2.14. The second-order valence-corrected chi connectivity index (χ2v) is 5.27. The molecule has 0 radical (unpaired) electrons. The van der Waals surface area contributed by atoms with E-state index in [1.165, 1.54) is 4.88 Å². The molecule has 0 saturated carbocycles. The van der Waals surface area contributed by atoms with Crippen LogP contribution in [-0.2, 0) is 6.54 Å². The quantitative estimate of drug-likeness (QED) is 0.814. The topological polar surface area (TPSA) is 38.5 Å². The molecule has 2 rings (SSSR count). The minimum absolute atomic E-state index is 0.672. The predicted octanol–water partition coefficient (Wildman–Crippen LogP) is 2.84. The van der Waals surface area contributed by atoms with Crippen molar-refractivity contribution >= 4 is 17.0 Å². The minimum Gasteiger partial charge on any atom is -0.492 e. The third kappa shape index (κ3) is 4.05. The molecular weight excluding hydrogens is 244 g/mol. The van der Waals surface area contributed by atoms with E-state index in [1.54, 1.807) is 11.3 Å². The summed E-state index contributed by atoms with van der Waals surface area (Å²) in [5.41, 5.74) is 6.43. The number of nitrogens with two attached hydrogens (primary N) is 1. The van der Waals surface area contributed by atoms with E-state index in [2.05, 4.69) is 29.5 Å². The molecule has 2 N–H and O–H groups in total. The number of ether oxygens (including phenoxy) is 1. The van der Waals surface area contributed by atoms with Gasteiger partial charge in [-0.15, -0.1) is 11.3 Å². The second-order valence-electron chi connectivity index (χ2n) is 4.24. The maximum Gasteiger partial charge on any atom is 0.121 e. The summed E-state index contributed by atoms with van der Waals surface area (Å²) in [4.78, 5) is 3.62. The number of likely N-dealkylation sites (N-methyl/N-ethyl adjacent to an activating group) is 1. The van der Waals surface area contributed by atoms with Gasteiger partial charge in [-0.25, -0.2) is 0 Å². The first-order chi connectivity index (χ1) is 8.74. The van der Waals surface area contributed by atoms with Crippen molar-refractivity contribution in [3.8, 4) is 5.75 Å². The number of benzene rings is 1. The van der Waals surface area contributed by atoms with E-state index in [-0.39, 0.29) is 0 Å². The standard InChI is InChI=1S/C14H18N2OS/c1-16(11-14-6-3-9-18-14)7-8-17-13-5-2-4-12(15)10-13/h2-6,9-10H,7-8,11,15H2,1H3. The van der Waals surface area contributed by atoms with Gasteiger partial charge in [0.05, 0.1) is 0 Å². The van der Waals surface area contributed by atoms with Gasteiger partial charge in [0.15, 0.2) is 0 Å². The van der Waals surface area contributed by atoms with Crippen LogP contribution in [0.3, 0.4) is 0 Å². The highest BCUT2D eigenvalue weighted by atomic mass is 32.1. The van der Waals surface area contributed by atoms with Crippen molar-refractivity contribution in [2.45, 2.75) is 6.54 Å². The van der Waals surface area contributed by atoms with E-state index >= 15 is 0 Å². The van der Waals surface area contributed by atoms with Crippen molar-refractivity contribution in [1.29, 1.82) is 0 Å². The monoisotopic (exact) mass is 262 g/mol. The number of nitrogens with zero attached hydrogens (tertiary/aromatic N) is 1. The number of thiophene rings is 1. The van der Waals surface area contributed by atoms with Crippen molar-refractivity contribution in [2.75, 3.05) is 25.9 Å². The Kier molecular flexibility index (Phi) is 4.61. The summed E-state index contributed by atoms with van der Waals surface area (Å²) in [6, 6.07) is 11.8. The smallest absolute Gasteiger partial charge is 0.121 e. The van der Waals surface area contributed by atoms with E-state index in [9.17, 15) is 0 Å². The average molecular weight is 262 g/mol. The van der Waals surface area contributed by atoms with Gasteiger partial charge >= 0.3 is 0 Å². The molecule has 1 aromatic heterocycles. The third-order valence-electron chi connectivity index (χ3n) is 2.61. The Labute approximate surface area is 112 Å². The van der Waals surface area contributed by atoms with Crippen LogP contribution >= 0.6 is 11.3 Å². The zero-order chi connectivity index (χ0) is 12.8. The van der Waals surface area contributed by atoms with Gasteiger partial charge < -0.3 is 10.5 Å². The molecule has 4 heteroatoms. The fraction of sp³-hybridized carbons (Fsp3) is 0.286. The Morgan fingerprint density at radius 2 is 2.17 bits per heavy atom. The van der Waals surface area contributed by atoms with Crippen LogP contribution in [-0.4, -0.2) is 25.1 Å². The molecule has 0 aliphatic rings. The van der Waals surface area contributed by atoms with E-state index < -0.39 is 0 Å². The molecule has 0 aliphatic carbocycles. The first kappa shape index (κ1) is 12.9. The summed E-state index contributed by atoms with van der Waals surface area (Å²) in [6.45, 7) is 2.54. The molecule has 1 aromatic carbocycles. The van der Waals surface area contributed by atoms with Crippen LogP contribution in [0.4, 0.5) is 5.69 Å². The molecule has 96 valence electrons. The van der Waals surface area contributed by atoms with E-state index in [1.807, 2.05) is 24.3 Å². The summed E-state index contributed by atoms with van der Waals surface area (Å²) < 4.78 is 5.66. The maximum absolute atomic E-state index is 5.69. The first-order valence-electron chi connectivity index (χ1n) is 5.93. The lowest BCUT2D eigenvalue weighted by atomic mass is 10.3.